The summed E-state index contributed by atoms with van der Waals surface area (Å²) in [6, 6.07) is 0. The van der Waals surface area contributed by atoms with Crippen LogP contribution in [0.1, 0.15) is 65.2 Å². The van der Waals surface area contributed by atoms with Crippen LogP contribution in [0.4, 0.5) is 0 Å². The minimum absolute atomic E-state index is 0.0800. The van der Waals surface area contributed by atoms with E-state index in [4.69, 9.17) is 4.74 Å². The van der Waals surface area contributed by atoms with E-state index < -0.39 is 0 Å². The summed E-state index contributed by atoms with van der Waals surface area (Å²) < 4.78 is 5.59. The van der Waals surface area contributed by atoms with Gasteiger partial charge >= 0.3 is 5.97 Å². The number of hydrogen-bond donors (Lipinski definition) is 0. The first-order chi connectivity index (χ1) is 9.69. The Morgan fingerprint density at radius 1 is 1.05 bits per heavy atom. The lowest BCUT2D eigenvalue weighted by Gasteiger charge is -2.29. The highest BCUT2D eigenvalue weighted by Gasteiger charge is 2.26. The van der Waals surface area contributed by atoms with Crippen molar-refractivity contribution >= 4 is 5.97 Å². The van der Waals surface area contributed by atoms with Crippen LogP contribution < -0.4 is 0 Å². The molecule has 0 bridgehead atoms. The number of rotatable bonds is 10. The molecule has 1 rings (SSSR count). The van der Waals surface area contributed by atoms with Crippen molar-refractivity contribution in [2.24, 2.45) is 0 Å². The molecule has 0 aromatic heterocycles. The molecule has 4 nitrogen and oxygen atoms in total. The Labute approximate surface area is 123 Å². The van der Waals surface area contributed by atoms with E-state index in [1.54, 1.807) is 0 Å². The summed E-state index contributed by atoms with van der Waals surface area (Å²) in [4.78, 5) is 15.9. The van der Waals surface area contributed by atoms with Crippen LogP contribution in [0.25, 0.3) is 0 Å². The summed E-state index contributed by atoms with van der Waals surface area (Å²) in [5.41, 5.74) is 0. The first-order valence-electron chi connectivity index (χ1n) is 8.04. The Kier molecular flexibility index (Phi) is 8.16. The molecule has 0 spiro atoms. The van der Waals surface area contributed by atoms with Crippen LogP contribution in [-0.2, 0) is 9.53 Å². The summed E-state index contributed by atoms with van der Waals surface area (Å²) in [5.74, 6) is -0.0800. The van der Waals surface area contributed by atoms with Gasteiger partial charge in [0, 0.05) is 32.4 Å². The number of nitrogens with zero attached hydrogens (tertiary/aromatic N) is 2. The van der Waals surface area contributed by atoms with E-state index in [-0.39, 0.29) is 12.3 Å². The fraction of sp³-hybridized carbons (Fsp3) is 0.812. The molecule has 0 aromatic carbocycles. The fourth-order valence-electron chi connectivity index (χ4n) is 2.30. The molecule has 1 aliphatic rings. The predicted molar refractivity (Wildman–Crippen MR) is 81.8 cm³/mol. The zero-order valence-electron chi connectivity index (χ0n) is 13.3. The summed E-state index contributed by atoms with van der Waals surface area (Å²) >= 11 is 0. The number of hydrogen-bond acceptors (Lipinski definition) is 4. The number of carbonyl (C=O) groups is 1. The maximum atomic E-state index is 11.9. The molecule has 0 saturated heterocycles. The van der Waals surface area contributed by atoms with Crippen molar-refractivity contribution in [3.05, 3.63) is 12.4 Å². The molecule has 20 heavy (non-hydrogen) atoms. The number of unbranched alkanes of at least 4 members (excludes halogenated alkanes) is 5. The number of carbonyl (C=O) groups excluding carboxylic acids is 1. The Balaban J connectivity index is 2.24. The van der Waals surface area contributed by atoms with E-state index in [0.29, 0.717) is 6.42 Å². The average Bonchev–Trinajstić information content (AvgIpc) is 2.77. The fourth-order valence-corrected chi connectivity index (χ4v) is 2.30. The Morgan fingerprint density at radius 2 is 1.75 bits per heavy atom. The third kappa shape index (κ3) is 5.85. The Morgan fingerprint density at radius 3 is 2.45 bits per heavy atom. The van der Waals surface area contributed by atoms with Crippen LogP contribution in [0, 0.1) is 0 Å². The highest BCUT2D eigenvalue weighted by atomic mass is 16.6. The van der Waals surface area contributed by atoms with Gasteiger partial charge in [-0.3, -0.25) is 4.79 Å². The quantitative estimate of drug-likeness (QED) is 0.452. The van der Waals surface area contributed by atoms with E-state index in [9.17, 15) is 4.79 Å². The van der Waals surface area contributed by atoms with Gasteiger partial charge in [-0.15, -0.1) is 0 Å². The van der Waals surface area contributed by atoms with Crippen LogP contribution in [-0.4, -0.2) is 35.7 Å². The van der Waals surface area contributed by atoms with Crippen LogP contribution in [0.2, 0.25) is 0 Å². The smallest absolute Gasteiger partial charge is 0.309 e. The lowest BCUT2D eigenvalue weighted by atomic mass is 10.1. The van der Waals surface area contributed by atoms with Gasteiger partial charge in [-0.1, -0.05) is 46.0 Å². The third-order valence-corrected chi connectivity index (χ3v) is 3.62. The van der Waals surface area contributed by atoms with E-state index in [2.05, 4.69) is 18.7 Å². The molecule has 0 aromatic rings. The Bertz CT molecular complexity index is 305. The maximum Gasteiger partial charge on any atom is 0.309 e. The molecule has 0 amide bonds. The van der Waals surface area contributed by atoms with Crippen molar-refractivity contribution < 1.29 is 9.53 Å². The van der Waals surface area contributed by atoms with Crippen LogP contribution >= 0.6 is 0 Å². The van der Waals surface area contributed by atoms with Gasteiger partial charge in [0.1, 0.15) is 0 Å². The molecule has 1 heterocycles. The summed E-state index contributed by atoms with van der Waals surface area (Å²) in [7, 11) is 1.95. The van der Waals surface area contributed by atoms with Gasteiger partial charge < -0.3 is 14.5 Å². The van der Waals surface area contributed by atoms with Gasteiger partial charge in [0.15, 0.2) is 0 Å². The van der Waals surface area contributed by atoms with E-state index in [0.717, 1.165) is 32.2 Å². The van der Waals surface area contributed by atoms with Crippen LogP contribution in [0.15, 0.2) is 12.4 Å². The molecule has 1 atom stereocenters. The molecular formula is C16H30N2O2. The summed E-state index contributed by atoms with van der Waals surface area (Å²) in [6.07, 6.45) is 12.3. The van der Waals surface area contributed by atoms with Crippen molar-refractivity contribution in [3.63, 3.8) is 0 Å². The molecule has 116 valence electrons. The molecule has 0 aliphatic carbocycles. The maximum absolute atomic E-state index is 11.9. The van der Waals surface area contributed by atoms with Crippen molar-refractivity contribution in [3.8, 4) is 0 Å². The first-order valence-corrected chi connectivity index (χ1v) is 8.04. The summed E-state index contributed by atoms with van der Waals surface area (Å²) in [6.45, 7) is 5.30. The van der Waals surface area contributed by atoms with Gasteiger partial charge in [-0.25, -0.2) is 0 Å². The van der Waals surface area contributed by atoms with Crippen molar-refractivity contribution in [2.45, 2.75) is 71.6 Å². The number of esters is 1. The van der Waals surface area contributed by atoms with Crippen molar-refractivity contribution in [1.29, 1.82) is 0 Å². The minimum atomic E-state index is -0.246. The molecule has 1 unspecified atom stereocenters. The van der Waals surface area contributed by atoms with Gasteiger partial charge in [0.05, 0.1) is 0 Å². The zero-order chi connectivity index (χ0) is 14.8. The second kappa shape index (κ2) is 9.67. The topological polar surface area (TPSA) is 32.8 Å². The molecule has 4 heteroatoms. The average molecular weight is 282 g/mol. The van der Waals surface area contributed by atoms with Gasteiger partial charge in [-0.2, -0.15) is 0 Å². The first kappa shape index (κ1) is 16.9. The van der Waals surface area contributed by atoms with Gasteiger partial charge in [-0.05, 0) is 12.8 Å². The second-order valence-electron chi connectivity index (χ2n) is 5.54. The highest BCUT2D eigenvalue weighted by molar-refractivity contribution is 5.69. The Hall–Kier alpha value is -1.19. The lowest BCUT2D eigenvalue weighted by Crippen LogP contribution is -2.40. The summed E-state index contributed by atoms with van der Waals surface area (Å²) in [5, 5.41) is 0. The highest BCUT2D eigenvalue weighted by Crippen LogP contribution is 2.17. The van der Waals surface area contributed by atoms with E-state index in [1.165, 1.54) is 19.3 Å². The monoisotopic (exact) mass is 282 g/mol. The molecule has 0 saturated carbocycles. The lowest BCUT2D eigenvalue weighted by molar-refractivity contribution is -0.167. The van der Waals surface area contributed by atoms with E-state index in [1.807, 2.05) is 24.3 Å². The van der Waals surface area contributed by atoms with E-state index >= 15 is 0 Å². The standard InChI is InChI=1S/C16H30N2O2/c1-4-6-8-9-10-11-15(19)20-16-17(3)13-14-18(16)12-7-5-2/h13-14,16H,4-12H2,1-3H3. The predicted octanol–water partition coefficient (Wildman–Crippen LogP) is 3.69. The molecule has 0 N–H and O–H groups in total. The number of ether oxygens (including phenoxy) is 1. The molecule has 0 radical (unpaired) electrons. The normalized spacial score (nSPS) is 17.9. The van der Waals surface area contributed by atoms with Crippen LogP contribution in [0.3, 0.4) is 0 Å². The van der Waals surface area contributed by atoms with Gasteiger partial charge in [0.2, 0.25) is 0 Å². The third-order valence-electron chi connectivity index (χ3n) is 3.62. The SMILES string of the molecule is CCCCCCCC(=O)OC1N(C)C=CN1CCCC. The van der Waals surface area contributed by atoms with Crippen molar-refractivity contribution in [1.82, 2.24) is 9.80 Å². The minimum Gasteiger partial charge on any atom is -0.422 e. The van der Waals surface area contributed by atoms with Crippen LogP contribution in [0.5, 0.6) is 0 Å². The molecule has 1 aliphatic heterocycles. The molecular weight excluding hydrogens is 252 g/mol. The van der Waals surface area contributed by atoms with Crippen molar-refractivity contribution in [2.75, 3.05) is 13.6 Å². The molecule has 0 fully saturated rings. The largest absolute Gasteiger partial charge is 0.422 e. The van der Waals surface area contributed by atoms with Gasteiger partial charge in [0.25, 0.3) is 6.35 Å². The second-order valence-corrected chi connectivity index (χ2v) is 5.54. The zero-order valence-corrected chi connectivity index (χ0v) is 13.3.